The number of amides is 2. The van der Waals surface area contributed by atoms with Crippen molar-refractivity contribution >= 4 is 29.7 Å². The minimum absolute atomic E-state index is 0.0119. The Morgan fingerprint density at radius 1 is 1.06 bits per heavy atom. The lowest BCUT2D eigenvalue weighted by molar-refractivity contribution is -0.151. The minimum Gasteiger partial charge on any atom is -0.457 e. The zero-order valence-corrected chi connectivity index (χ0v) is 31.4. The molecule has 1 aromatic heterocycles. The van der Waals surface area contributed by atoms with Gasteiger partial charge in [0.2, 0.25) is 5.91 Å². The molecule has 2 amide bonds. The molecule has 5 rings (SSSR count). The van der Waals surface area contributed by atoms with E-state index in [2.05, 4.69) is 35.8 Å². The van der Waals surface area contributed by atoms with Crippen LogP contribution in [0.3, 0.4) is 0 Å². The monoisotopic (exact) mass is 722 g/mol. The number of halogens is 1. The number of ether oxygens (including phenoxy) is 2. The largest absolute Gasteiger partial charge is 0.457 e. The molecule has 3 aliphatic heterocycles. The highest BCUT2D eigenvalue weighted by Crippen LogP contribution is 2.28. The molecule has 13 heteroatoms. The number of aliphatic hydroxyl groups is 1. The molecule has 284 valence electrons. The first kappa shape index (κ1) is 39.0. The standard InChI is InChI=1S/C39H55FN6O6/c1-27-8-10-33(47)24-36(49)52-37(28(2)9-11-34(27)51-38(50)45-15-14-42(6)39(4,5)26-45)29(3)20-30-21-31(40)23-32(22-30)43-16-18-44(19-17-43)35(48)25-46-13-7-12-41-46/h7,9,11-13,20-23,27-28,33-34,37,47H,8,10,14-19,24-26H2,1-6H3/b11-9+,29-20+/t27-,28-,33+,34+,37-/m0/s1. The summed E-state index contributed by atoms with van der Waals surface area (Å²) >= 11 is 0. The lowest BCUT2D eigenvalue weighted by Crippen LogP contribution is -2.59. The number of piperazine rings is 2. The first-order chi connectivity index (χ1) is 24.7. The Balaban J connectivity index is 1.30. The van der Waals surface area contributed by atoms with Gasteiger partial charge in [-0.15, -0.1) is 0 Å². The van der Waals surface area contributed by atoms with Crippen molar-refractivity contribution in [1.29, 1.82) is 0 Å². The predicted octanol–water partition coefficient (Wildman–Crippen LogP) is 4.59. The Morgan fingerprint density at radius 2 is 1.79 bits per heavy atom. The van der Waals surface area contributed by atoms with Crippen LogP contribution >= 0.6 is 0 Å². The van der Waals surface area contributed by atoms with Crippen molar-refractivity contribution in [2.45, 2.75) is 84.3 Å². The number of aliphatic hydroxyl groups excluding tert-OH is 1. The summed E-state index contributed by atoms with van der Waals surface area (Å²) in [7, 11) is 2.05. The second-order valence-corrected chi connectivity index (χ2v) is 15.3. The number of nitrogens with zero attached hydrogens (tertiary/aromatic N) is 6. The van der Waals surface area contributed by atoms with Crippen molar-refractivity contribution in [3.63, 3.8) is 0 Å². The van der Waals surface area contributed by atoms with Crippen LogP contribution in [-0.2, 0) is 25.6 Å². The van der Waals surface area contributed by atoms with Gasteiger partial charge in [0, 0.05) is 75.4 Å². The minimum atomic E-state index is -0.902. The van der Waals surface area contributed by atoms with E-state index in [1.165, 1.54) is 12.1 Å². The van der Waals surface area contributed by atoms with Crippen LogP contribution in [0.2, 0.25) is 0 Å². The molecule has 0 unspecified atom stereocenters. The highest BCUT2D eigenvalue weighted by atomic mass is 19.1. The van der Waals surface area contributed by atoms with E-state index < -0.39 is 30.1 Å². The van der Waals surface area contributed by atoms with Crippen LogP contribution in [-0.4, -0.2) is 124 Å². The second-order valence-electron chi connectivity index (χ2n) is 15.3. The third kappa shape index (κ3) is 10.2. The molecule has 2 fully saturated rings. The molecule has 2 aromatic rings. The molecule has 0 aliphatic carbocycles. The number of hydrogen-bond acceptors (Lipinski definition) is 9. The summed E-state index contributed by atoms with van der Waals surface area (Å²) in [5.41, 5.74) is 1.83. The van der Waals surface area contributed by atoms with Crippen molar-refractivity contribution in [3.05, 3.63) is 65.8 Å². The predicted molar refractivity (Wildman–Crippen MR) is 197 cm³/mol. The van der Waals surface area contributed by atoms with Gasteiger partial charge in [-0.1, -0.05) is 26.0 Å². The van der Waals surface area contributed by atoms with Gasteiger partial charge in [0.05, 0.1) is 12.5 Å². The molecule has 52 heavy (non-hydrogen) atoms. The van der Waals surface area contributed by atoms with E-state index in [9.17, 15) is 19.5 Å². The maximum Gasteiger partial charge on any atom is 0.410 e. The van der Waals surface area contributed by atoms with E-state index in [1.54, 1.807) is 32.9 Å². The fourth-order valence-electron chi connectivity index (χ4n) is 7.09. The van der Waals surface area contributed by atoms with E-state index in [1.807, 2.05) is 45.1 Å². The number of benzene rings is 1. The molecule has 3 aliphatic rings. The third-order valence-electron chi connectivity index (χ3n) is 10.7. The highest BCUT2D eigenvalue weighted by Gasteiger charge is 2.35. The van der Waals surface area contributed by atoms with Crippen molar-refractivity contribution in [2.24, 2.45) is 11.8 Å². The molecule has 0 saturated carbocycles. The maximum atomic E-state index is 15.1. The Kier molecular flexibility index (Phi) is 12.8. The fourth-order valence-corrected chi connectivity index (χ4v) is 7.09. The number of esters is 1. The Morgan fingerprint density at radius 3 is 2.48 bits per heavy atom. The summed E-state index contributed by atoms with van der Waals surface area (Å²) in [4.78, 5) is 47.0. The molecule has 1 N–H and O–H groups in total. The molecular weight excluding hydrogens is 667 g/mol. The number of likely N-dealkylation sites (N-methyl/N-ethyl adjacent to an activating group) is 1. The van der Waals surface area contributed by atoms with Crippen molar-refractivity contribution in [3.8, 4) is 0 Å². The lowest BCUT2D eigenvalue weighted by Gasteiger charge is -2.45. The number of anilines is 1. The zero-order valence-electron chi connectivity index (χ0n) is 31.4. The third-order valence-corrected chi connectivity index (χ3v) is 10.7. The molecule has 0 radical (unpaired) electrons. The normalized spacial score (nSPS) is 27.3. The van der Waals surface area contributed by atoms with Gasteiger partial charge in [-0.3, -0.25) is 19.2 Å². The molecule has 0 spiro atoms. The molecule has 5 atom stereocenters. The van der Waals surface area contributed by atoms with Gasteiger partial charge in [-0.05, 0) is 88.1 Å². The van der Waals surface area contributed by atoms with Gasteiger partial charge in [-0.25, -0.2) is 9.18 Å². The molecule has 0 bridgehead atoms. The molecular formula is C39H55FN6O6. The van der Waals surface area contributed by atoms with E-state index in [0.717, 1.165) is 6.54 Å². The number of rotatable bonds is 6. The number of hydrogen-bond donors (Lipinski definition) is 1. The average Bonchev–Trinajstić information content (AvgIpc) is 3.61. The van der Waals surface area contributed by atoms with Crippen LogP contribution in [0.25, 0.3) is 6.08 Å². The smallest absolute Gasteiger partial charge is 0.410 e. The SMILES string of the molecule is C/C(=C\c1cc(F)cc(N2CCN(C(=O)Cn3cccn3)CC2)c1)[C@H]1OC(=O)C[C@H](O)CC[C@H](C)[C@H](OC(=O)N2CCN(C)C(C)(C)C2)/C=C/[C@@H]1C. The summed E-state index contributed by atoms with van der Waals surface area (Å²) in [6.07, 6.45) is 7.23. The van der Waals surface area contributed by atoms with Crippen LogP contribution in [0.5, 0.6) is 0 Å². The van der Waals surface area contributed by atoms with Crippen molar-refractivity contribution in [2.75, 3.05) is 57.8 Å². The summed E-state index contributed by atoms with van der Waals surface area (Å²) in [6.45, 7) is 14.1. The topological polar surface area (TPSA) is 121 Å². The summed E-state index contributed by atoms with van der Waals surface area (Å²) in [5, 5.41) is 14.8. The average molecular weight is 723 g/mol. The number of carbonyl (C=O) groups is 3. The number of cyclic esters (lactones) is 1. The molecule has 4 heterocycles. The lowest BCUT2D eigenvalue weighted by atomic mass is 9.91. The highest BCUT2D eigenvalue weighted by molar-refractivity contribution is 5.76. The van der Waals surface area contributed by atoms with Crippen LogP contribution < -0.4 is 4.90 Å². The van der Waals surface area contributed by atoms with E-state index in [-0.39, 0.29) is 42.3 Å². The zero-order chi connectivity index (χ0) is 37.6. The number of aromatic nitrogens is 2. The van der Waals surface area contributed by atoms with Crippen LogP contribution in [0.4, 0.5) is 14.9 Å². The van der Waals surface area contributed by atoms with Gasteiger partial charge >= 0.3 is 12.1 Å². The quantitative estimate of drug-likeness (QED) is 0.337. The Hall–Kier alpha value is -4.23. The number of carbonyl (C=O) groups excluding carboxylic acids is 3. The van der Waals surface area contributed by atoms with E-state index in [4.69, 9.17) is 9.47 Å². The first-order valence-electron chi connectivity index (χ1n) is 18.4. The maximum absolute atomic E-state index is 15.1. The van der Waals surface area contributed by atoms with Gasteiger partial charge in [0.15, 0.2) is 0 Å². The van der Waals surface area contributed by atoms with Gasteiger partial charge in [0.25, 0.3) is 0 Å². The summed E-state index contributed by atoms with van der Waals surface area (Å²) in [6, 6.07) is 6.60. The summed E-state index contributed by atoms with van der Waals surface area (Å²) in [5.74, 6) is -1.35. The van der Waals surface area contributed by atoms with E-state index in [0.29, 0.717) is 68.9 Å². The fraction of sp³-hybridized carbons (Fsp3) is 0.590. The second kappa shape index (κ2) is 17.1. The van der Waals surface area contributed by atoms with Crippen LogP contribution in [0, 0.1) is 17.7 Å². The van der Waals surface area contributed by atoms with Crippen molar-refractivity contribution in [1.82, 2.24) is 24.5 Å². The first-order valence-corrected chi connectivity index (χ1v) is 18.4. The summed E-state index contributed by atoms with van der Waals surface area (Å²) < 4.78 is 28.7. The van der Waals surface area contributed by atoms with Crippen molar-refractivity contribution < 1.29 is 33.4 Å². The Labute approximate surface area is 306 Å². The van der Waals surface area contributed by atoms with Gasteiger partial charge < -0.3 is 29.3 Å². The molecule has 1 aromatic carbocycles. The van der Waals surface area contributed by atoms with Crippen LogP contribution in [0.1, 0.15) is 59.4 Å². The molecule has 2 saturated heterocycles. The van der Waals surface area contributed by atoms with E-state index >= 15 is 4.39 Å². The molecule has 12 nitrogen and oxygen atoms in total. The van der Waals surface area contributed by atoms with Gasteiger partial charge in [0.1, 0.15) is 24.6 Å². The Bertz CT molecular complexity index is 1600. The van der Waals surface area contributed by atoms with Gasteiger partial charge in [-0.2, -0.15) is 5.10 Å². The van der Waals surface area contributed by atoms with Crippen LogP contribution in [0.15, 0.2) is 54.4 Å².